The lowest BCUT2D eigenvalue weighted by atomic mass is 9.97. The zero-order chi connectivity index (χ0) is 15.5. The monoisotopic (exact) mass is 336 g/mol. The topological polar surface area (TPSA) is 98.0 Å². The molecule has 3 N–H and O–H groups in total. The van der Waals surface area contributed by atoms with Gasteiger partial charge in [0.25, 0.3) is 0 Å². The van der Waals surface area contributed by atoms with Crippen molar-refractivity contribution >= 4 is 45.1 Å². The van der Waals surface area contributed by atoms with Crippen molar-refractivity contribution in [3.63, 3.8) is 0 Å². The van der Waals surface area contributed by atoms with Crippen molar-refractivity contribution in [2.45, 2.75) is 30.7 Å². The van der Waals surface area contributed by atoms with Crippen molar-refractivity contribution < 1.29 is 9.59 Å². The number of nitrogens with zero attached hydrogens (tertiary/aromatic N) is 2. The van der Waals surface area contributed by atoms with E-state index in [-0.39, 0.29) is 18.2 Å². The molecule has 0 aliphatic heterocycles. The van der Waals surface area contributed by atoms with E-state index in [1.165, 1.54) is 35.0 Å². The van der Waals surface area contributed by atoms with Gasteiger partial charge in [-0.2, -0.15) is 0 Å². The molecule has 1 aliphatic carbocycles. The summed E-state index contributed by atoms with van der Waals surface area (Å²) in [5.74, 6) is -0.557. The third kappa shape index (κ3) is 3.22. The molecule has 8 heteroatoms. The molecule has 2 aromatic rings. The van der Waals surface area contributed by atoms with Crippen molar-refractivity contribution in [1.29, 1.82) is 0 Å². The molecule has 0 fully saturated rings. The van der Waals surface area contributed by atoms with E-state index in [0.29, 0.717) is 0 Å². The third-order valence-corrected chi connectivity index (χ3v) is 5.71. The highest BCUT2D eigenvalue weighted by Crippen LogP contribution is 2.39. The average molecular weight is 336 g/mol. The Morgan fingerprint density at radius 1 is 1.32 bits per heavy atom. The van der Waals surface area contributed by atoms with E-state index in [2.05, 4.69) is 15.3 Å². The Morgan fingerprint density at radius 3 is 2.95 bits per heavy atom. The van der Waals surface area contributed by atoms with E-state index in [9.17, 15) is 9.59 Å². The molecule has 1 aliphatic rings. The Morgan fingerprint density at radius 2 is 2.14 bits per heavy atom. The summed E-state index contributed by atoms with van der Waals surface area (Å²) in [5, 5.41) is 4.43. The molecule has 2 heterocycles. The number of hydrogen-bond donors (Lipinski definition) is 2. The lowest BCUT2D eigenvalue weighted by molar-refractivity contribution is -0.123. The number of nitrogens with two attached hydrogens (primary N) is 1. The maximum Gasteiger partial charge on any atom is 0.236 e. The highest BCUT2D eigenvalue weighted by Gasteiger charge is 2.20. The normalized spacial score (nSPS) is 13.8. The maximum atomic E-state index is 11.7. The lowest BCUT2D eigenvalue weighted by Gasteiger charge is -2.11. The number of primary amides is 1. The molecule has 22 heavy (non-hydrogen) atoms. The van der Waals surface area contributed by atoms with Crippen LogP contribution in [0.2, 0.25) is 0 Å². The van der Waals surface area contributed by atoms with Crippen LogP contribution in [0.25, 0.3) is 10.2 Å². The molecular formula is C14H16N4O2S2. The molecule has 0 bridgehead atoms. The number of carbonyl (C=O) groups excluding carboxylic acids is 2. The molecule has 3 rings (SSSR count). The van der Waals surface area contributed by atoms with Gasteiger partial charge in [0, 0.05) is 10.3 Å². The SMILES string of the molecule is NC(=O)CNC(=O)CSc1ncnc2sc3c(c12)CCCC3. The summed E-state index contributed by atoms with van der Waals surface area (Å²) in [6.07, 6.45) is 6.14. The number of thioether (sulfide) groups is 1. The van der Waals surface area contributed by atoms with Gasteiger partial charge in [0.1, 0.15) is 16.2 Å². The first-order valence-corrected chi connectivity index (χ1v) is 8.88. The van der Waals surface area contributed by atoms with Gasteiger partial charge >= 0.3 is 0 Å². The van der Waals surface area contributed by atoms with Crippen LogP contribution >= 0.6 is 23.1 Å². The van der Waals surface area contributed by atoms with E-state index in [4.69, 9.17) is 5.73 Å². The number of thiophene rings is 1. The zero-order valence-corrected chi connectivity index (χ0v) is 13.6. The molecule has 2 aromatic heterocycles. The van der Waals surface area contributed by atoms with Crippen LogP contribution in [0.4, 0.5) is 0 Å². The third-order valence-electron chi connectivity index (χ3n) is 3.52. The molecule has 0 aromatic carbocycles. The Labute approximate surface area is 135 Å². The van der Waals surface area contributed by atoms with E-state index >= 15 is 0 Å². The second-order valence-corrected chi connectivity index (χ2v) is 7.15. The van der Waals surface area contributed by atoms with Crippen LogP contribution in [0.1, 0.15) is 23.3 Å². The fourth-order valence-electron chi connectivity index (χ4n) is 2.54. The van der Waals surface area contributed by atoms with E-state index < -0.39 is 5.91 Å². The number of rotatable bonds is 5. The molecule has 0 radical (unpaired) electrons. The molecule has 0 saturated carbocycles. The summed E-state index contributed by atoms with van der Waals surface area (Å²) in [4.78, 5) is 33.5. The van der Waals surface area contributed by atoms with Crippen LogP contribution in [0.3, 0.4) is 0 Å². The molecule has 116 valence electrons. The number of hydrogen-bond acceptors (Lipinski definition) is 6. The molecule has 0 spiro atoms. The number of aryl methyl sites for hydroxylation is 2. The maximum absolute atomic E-state index is 11.7. The minimum absolute atomic E-state index is 0.133. The molecule has 0 saturated heterocycles. The number of carbonyl (C=O) groups is 2. The quantitative estimate of drug-likeness (QED) is 0.633. The van der Waals surface area contributed by atoms with E-state index in [1.54, 1.807) is 17.7 Å². The highest BCUT2D eigenvalue weighted by molar-refractivity contribution is 8.00. The smallest absolute Gasteiger partial charge is 0.236 e. The van der Waals surface area contributed by atoms with Gasteiger partial charge in [-0.05, 0) is 31.2 Å². The van der Waals surface area contributed by atoms with Crippen LogP contribution in [0.5, 0.6) is 0 Å². The van der Waals surface area contributed by atoms with Gasteiger partial charge in [-0.1, -0.05) is 11.8 Å². The average Bonchev–Trinajstić information content (AvgIpc) is 2.90. The largest absolute Gasteiger partial charge is 0.368 e. The summed E-state index contributed by atoms with van der Waals surface area (Å²) in [6, 6.07) is 0. The highest BCUT2D eigenvalue weighted by atomic mass is 32.2. The first-order chi connectivity index (χ1) is 10.6. The summed E-state index contributed by atoms with van der Waals surface area (Å²) in [5.41, 5.74) is 6.36. The first-order valence-electron chi connectivity index (χ1n) is 7.08. The van der Waals surface area contributed by atoms with Crippen molar-refractivity contribution in [2.75, 3.05) is 12.3 Å². The summed E-state index contributed by atoms with van der Waals surface area (Å²) in [6.45, 7) is -0.133. The molecule has 6 nitrogen and oxygen atoms in total. The van der Waals surface area contributed by atoms with Crippen molar-refractivity contribution in [3.8, 4) is 0 Å². The number of amides is 2. The lowest BCUT2D eigenvalue weighted by Crippen LogP contribution is -2.34. The second-order valence-electron chi connectivity index (χ2n) is 5.10. The number of nitrogens with one attached hydrogen (secondary N) is 1. The van der Waals surface area contributed by atoms with Crippen molar-refractivity contribution in [3.05, 3.63) is 16.8 Å². The zero-order valence-electron chi connectivity index (χ0n) is 11.9. The van der Waals surface area contributed by atoms with Crippen LogP contribution in [-0.4, -0.2) is 34.1 Å². The summed E-state index contributed by atoms with van der Waals surface area (Å²) < 4.78 is 0. The van der Waals surface area contributed by atoms with Crippen molar-refractivity contribution in [2.24, 2.45) is 5.73 Å². The Balaban J connectivity index is 1.77. The molecule has 2 amide bonds. The van der Waals surface area contributed by atoms with Gasteiger partial charge < -0.3 is 11.1 Å². The summed E-state index contributed by atoms with van der Waals surface area (Å²) in [7, 11) is 0. The van der Waals surface area contributed by atoms with Gasteiger partial charge in [-0.3, -0.25) is 9.59 Å². The van der Waals surface area contributed by atoms with Crippen LogP contribution in [0.15, 0.2) is 11.4 Å². The van der Waals surface area contributed by atoms with E-state index in [0.717, 1.165) is 28.1 Å². The standard InChI is InChI=1S/C14H16N4O2S2/c15-10(19)5-16-11(20)6-21-13-12-8-3-1-2-4-9(8)22-14(12)18-7-17-13/h7H,1-6H2,(H2,15,19)(H,16,20). The van der Waals surface area contributed by atoms with Crippen molar-refractivity contribution in [1.82, 2.24) is 15.3 Å². The fourth-order valence-corrected chi connectivity index (χ4v) is 4.69. The van der Waals surface area contributed by atoms with Gasteiger partial charge in [-0.15, -0.1) is 11.3 Å². The minimum atomic E-state index is -0.547. The predicted octanol–water partition coefficient (Wildman–Crippen LogP) is 1.26. The van der Waals surface area contributed by atoms with Gasteiger partial charge in [-0.25, -0.2) is 9.97 Å². The van der Waals surface area contributed by atoms with Crippen LogP contribution < -0.4 is 11.1 Å². The van der Waals surface area contributed by atoms with Gasteiger partial charge in [0.15, 0.2) is 0 Å². The first kappa shape index (κ1) is 15.2. The molecule has 0 unspecified atom stereocenters. The van der Waals surface area contributed by atoms with Crippen LogP contribution in [-0.2, 0) is 22.4 Å². The number of fused-ring (bicyclic) bond motifs is 3. The number of aromatic nitrogens is 2. The summed E-state index contributed by atoms with van der Waals surface area (Å²) >= 11 is 3.11. The van der Waals surface area contributed by atoms with E-state index in [1.807, 2.05) is 0 Å². The fraction of sp³-hybridized carbons (Fsp3) is 0.429. The molecular weight excluding hydrogens is 320 g/mol. The van der Waals surface area contributed by atoms with Gasteiger partial charge in [0.05, 0.1) is 12.3 Å². The Bertz CT molecular complexity index is 729. The minimum Gasteiger partial charge on any atom is -0.368 e. The van der Waals surface area contributed by atoms with Gasteiger partial charge in [0.2, 0.25) is 11.8 Å². The second kappa shape index (κ2) is 6.62. The van der Waals surface area contributed by atoms with Crippen LogP contribution in [0, 0.1) is 0 Å². The molecule has 0 atom stereocenters. The Kier molecular flexibility index (Phi) is 4.58. The Hall–Kier alpha value is -1.67. The predicted molar refractivity (Wildman–Crippen MR) is 87.0 cm³/mol.